The van der Waals surface area contributed by atoms with E-state index in [0.717, 1.165) is 54.8 Å². The van der Waals surface area contributed by atoms with Gasteiger partial charge in [0, 0.05) is 23.7 Å². The molecule has 0 radical (unpaired) electrons. The van der Waals surface area contributed by atoms with Gasteiger partial charge in [-0.1, -0.05) is 18.2 Å². The van der Waals surface area contributed by atoms with Crippen molar-refractivity contribution in [2.24, 2.45) is 0 Å². The lowest BCUT2D eigenvalue weighted by atomic mass is 9.85. The summed E-state index contributed by atoms with van der Waals surface area (Å²) in [5.74, 6) is 0.932. The third-order valence-electron chi connectivity index (χ3n) is 4.77. The molecule has 0 bridgehead atoms. The first-order chi connectivity index (χ1) is 11.8. The Morgan fingerprint density at radius 2 is 2.04 bits per heavy atom. The van der Waals surface area contributed by atoms with Crippen molar-refractivity contribution in [2.45, 2.75) is 24.9 Å². The molecular weight excluding hydrogens is 298 g/mol. The molecule has 2 aliphatic heterocycles. The van der Waals surface area contributed by atoms with Crippen LogP contribution in [-0.2, 0) is 0 Å². The lowest BCUT2D eigenvalue weighted by Crippen LogP contribution is -2.37. The fourth-order valence-corrected chi connectivity index (χ4v) is 3.53. The number of benzene rings is 1. The van der Waals surface area contributed by atoms with Crippen LogP contribution in [0.5, 0.6) is 5.75 Å². The fraction of sp³-hybridized carbons (Fsp3) is 0.300. The zero-order valence-corrected chi connectivity index (χ0v) is 13.5. The average Bonchev–Trinajstić information content (AvgIpc) is 2.86. The van der Waals surface area contributed by atoms with Gasteiger partial charge >= 0.3 is 0 Å². The number of nitrogens with one attached hydrogen (secondary N) is 1. The van der Waals surface area contributed by atoms with Gasteiger partial charge in [0.15, 0.2) is 0 Å². The quantitative estimate of drug-likeness (QED) is 0.877. The van der Waals surface area contributed by atoms with Gasteiger partial charge in [0.25, 0.3) is 0 Å². The summed E-state index contributed by atoms with van der Waals surface area (Å²) >= 11 is 0. The number of rotatable bonds is 1. The Hall–Kier alpha value is -2.64. The second-order valence-electron chi connectivity index (χ2n) is 6.37. The number of nitriles is 1. The molecule has 1 N–H and O–H groups in total. The third kappa shape index (κ3) is 2.68. The van der Waals surface area contributed by atoms with E-state index in [1.54, 1.807) is 12.3 Å². The third-order valence-corrected chi connectivity index (χ3v) is 4.77. The second-order valence-corrected chi connectivity index (χ2v) is 6.37. The summed E-state index contributed by atoms with van der Waals surface area (Å²) in [5.41, 5.74) is 3.44. The molecule has 2 aliphatic rings. The maximum atomic E-state index is 8.97. The zero-order chi connectivity index (χ0) is 16.4. The highest BCUT2D eigenvalue weighted by molar-refractivity contribution is 5.84. The highest BCUT2D eigenvalue weighted by Crippen LogP contribution is 2.42. The van der Waals surface area contributed by atoms with E-state index >= 15 is 0 Å². The Labute approximate surface area is 141 Å². The summed E-state index contributed by atoms with van der Waals surface area (Å²) < 4.78 is 6.45. The summed E-state index contributed by atoms with van der Waals surface area (Å²) in [4.78, 5) is 4.24. The summed E-state index contributed by atoms with van der Waals surface area (Å²) in [5, 5.41) is 12.4. The van der Waals surface area contributed by atoms with Crippen LogP contribution in [0.25, 0.3) is 5.57 Å². The molecule has 2 aromatic rings. The first-order valence-electron chi connectivity index (χ1n) is 8.38. The number of ether oxygens (including phenoxy) is 1. The van der Waals surface area contributed by atoms with Crippen LogP contribution in [0.3, 0.4) is 0 Å². The van der Waals surface area contributed by atoms with Gasteiger partial charge in [0.2, 0.25) is 0 Å². The maximum Gasteiger partial charge on any atom is 0.140 e. The lowest BCUT2D eigenvalue weighted by molar-refractivity contribution is 0.103. The standard InChI is InChI=1S/C20H19N3O/c21-13-16-7-6-15(14-23-16)18-12-20(8-3-10-22-11-9-20)24-19-5-2-1-4-17(18)19/h1-2,4-7,12,14,22H,3,8-11H2. The van der Waals surface area contributed by atoms with E-state index in [4.69, 9.17) is 10.00 Å². The highest BCUT2D eigenvalue weighted by Gasteiger charge is 2.36. The van der Waals surface area contributed by atoms with Crippen molar-refractivity contribution in [3.63, 3.8) is 0 Å². The van der Waals surface area contributed by atoms with Gasteiger partial charge in [-0.15, -0.1) is 0 Å². The van der Waals surface area contributed by atoms with Crippen molar-refractivity contribution in [1.29, 1.82) is 5.26 Å². The van der Waals surface area contributed by atoms with Crippen molar-refractivity contribution < 1.29 is 4.74 Å². The molecule has 1 saturated heterocycles. The van der Waals surface area contributed by atoms with Crippen LogP contribution in [0.2, 0.25) is 0 Å². The number of aromatic nitrogens is 1. The van der Waals surface area contributed by atoms with E-state index in [9.17, 15) is 0 Å². The maximum absolute atomic E-state index is 8.97. The largest absolute Gasteiger partial charge is 0.482 e. The molecular formula is C20H19N3O. The predicted molar refractivity (Wildman–Crippen MR) is 92.6 cm³/mol. The van der Waals surface area contributed by atoms with Gasteiger partial charge < -0.3 is 10.1 Å². The van der Waals surface area contributed by atoms with Crippen molar-refractivity contribution in [3.8, 4) is 11.8 Å². The first kappa shape index (κ1) is 14.9. The molecule has 0 amide bonds. The van der Waals surface area contributed by atoms with E-state index in [-0.39, 0.29) is 5.60 Å². The Balaban J connectivity index is 1.83. The van der Waals surface area contributed by atoms with Crippen LogP contribution >= 0.6 is 0 Å². The van der Waals surface area contributed by atoms with E-state index in [1.807, 2.05) is 24.3 Å². The SMILES string of the molecule is N#Cc1ccc(C2=CC3(CCCNCC3)Oc3ccccc32)cn1. The Kier molecular flexibility index (Phi) is 3.79. The fourth-order valence-electron chi connectivity index (χ4n) is 3.53. The minimum absolute atomic E-state index is 0.263. The van der Waals surface area contributed by atoms with Crippen molar-refractivity contribution in [3.05, 3.63) is 65.5 Å². The molecule has 1 fully saturated rings. The smallest absolute Gasteiger partial charge is 0.140 e. The molecule has 1 aromatic heterocycles. The molecule has 1 unspecified atom stereocenters. The van der Waals surface area contributed by atoms with Gasteiger partial charge in [-0.2, -0.15) is 5.26 Å². The molecule has 1 atom stereocenters. The Bertz CT molecular complexity index is 810. The average molecular weight is 317 g/mol. The van der Waals surface area contributed by atoms with Crippen molar-refractivity contribution in [2.75, 3.05) is 13.1 Å². The number of hydrogen-bond donors (Lipinski definition) is 1. The number of nitrogens with zero attached hydrogens (tertiary/aromatic N) is 2. The van der Waals surface area contributed by atoms with Gasteiger partial charge in [0.1, 0.15) is 23.1 Å². The van der Waals surface area contributed by atoms with Crippen LogP contribution in [-0.4, -0.2) is 23.7 Å². The van der Waals surface area contributed by atoms with Gasteiger partial charge in [0.05, 0.1) is 0 Å². The van der Waals surface area contributed by atoms with Crippen LogP contribution in [0.1, 0.15) is 36.1 Å². The molecule has 120 valence electrons. The van der Waals surface area contributed by atoms with Crippen molar-refractivity contribution in [1.82, 2.24) is 10.3 Å². The normalized spacial score (nSPS) is 22.7. The minimum Gasteiger partial charge on any atom is -0.482 e. The van der Waals surface area contributed by atoms with Crippen LogP contribution in [0.4, 0.5) is 0 Å². The van der Waals surface area contributed by atoms with E-state index in [0.29, 0.717) is 5.69 Å². The lowest BCUT2D eigenvalue weighted by Gasteiger charge is -2.36. The molecule has 4 heteroatoms. The Morgan fingerprint density at radius 1 is 1.12 bits per heavy atom. The molecule has 3 heterocycles. The number of pyridine rings is 1. The van der Waals surface area contributed by atoms with E-state index in [2.05, 4.69) is 28.5 Å². The molecule has 0 aliphatic carbocycles. The van der Waals surface area contributed by atoms with Crippen LogP contribution in [0, 0.1) is 11.3 Å². The minimum atomic E-state index is -0.263. The second kappa shape index (κ2) is 6.10. The highest BCUT2D eigenvalue weighted by atomic mass is 16.5. The monoisotopic (exact) mass is 317 g/mol. The van der Waals surface area contributed by atoms with Gasteiger partial charge in [-0.3, -0.25) is 0 Å². The van der Waals surface area contributed by atoms with E-state index in [1.165, 1.54) is 0 Å². The summed E-state index contributed by atoms with van der Waals surface area (Å²) in [6.07, 6.45) is 7.11. The zero-order valence-electron chi connectivity index (χ0n) is 13.5. The number of hydrogen-bond acceptors (Lipinski definition) is 4. The predicted octanol–water partition coefficient (Wildman–Crippen LogP) is 3.29. The molecule has 24 heavy (non-hydrogen) atoms. The summed E-state index contributed by atoms with van der Waals surface area (Å²) in [7, 11) is 0. The molecule has 1 aromatic carbocycles. The summed E-state index contributed by atoms with van der Waals surface area (Å²) in [6.45, 7) is 1.99. The topological polar surface area (TPSA) is 57.9 Å². The summed E-state index contributed by atoms with van der Waals surface area (Å²) in [6, 6.07) is 14.0. The van der Waals surface area contributed by atoms with Crippen molar-refractivity contribution >= 4 is 5.57 Å². The number of fused-ring (bicyclic) bond motifs is 1. The van der Waals surface area contributed by atoms with E-state index < -0.39 is 0 Å². The number of para-hydroxylation sites is 1. The molecule has 4 nitrogen and oxygen atoms in total. The molecule has 4 rings (SSSR count). The Morgan fingerprint density at radius 3 is 2.88 bits per heavy atom. The molecule has 1 spiro atoms. The van der Waals surface area contributed by atoms with Crippen LogP contribution in [0.15, 0.2) is 48.7 Å². The van der Waals surface area contributed by atoms with Crippen LogP contribution < -0.4 is 10.1 Å². The van der Waals surface area contributed by atoms with Gasteiger partial charge in [-0.05, 0) is 55.8 Å². The first-order valence-corrected chi connectivity index (χ1v) is 8.38. The van der Waals surface area contributed by atoms with Gasteiger partial charge in [-0.25, -0.2) is 4.98 Å². The molecule has 0 saturated carbocycles.